The molecule has 6 nitrogen and oxygen atoms in total. The lowest BCUT2D eigenvalue weighted by Crippen LogP contribution is -2.62. The van der Waals surface area contributed by atoms with Crippen LogP contribution in [0.5, 0.6) is 0 Å². The van der Waals surface area contributed by atoms with Crippen LogP contribution in [0.2, 0.25) is 0 Å². The van der Waals surface area contributed by atoms with Gasteiger partial charge in [0.15, 0.2) is 0 Å². The summed E-state index contributed by atoms with van der Waals surface area (Å²) in [4.78, 5) is 13.8. The molecule has 0 aliphatic carbocycles. The number of pyridine rings is 1. The number of hydrazine groups is 1. The lowest BCUT2D eigenvalue weighted by atomic mass is 10.4. The predicted octanol–water partition coefficient (Wildman–Crippen LogP) is 0.497. The third-order valence-electron chi connectivity index (χ3n) is 2.25. The highest BCUT2D eigenvalue weighted by Gasteiger charge is 2.43. The Labute approximate surface area is 113 Å². The van der Waals surface area contributed by atoms with Crippen molar-refractivity contribution >= 4 is 6.41 Å². The molecule has 2 N–H and O–H groups in total. The van der Waals surface area contributed by atoms with Crippen LogP contribution in [-0.4, -0.2) is 48.6 Å². The van der Waals surface area contributed by atoms with Gasteiger partial charge in [0.25, 0.3) is 0 Å². The SMILES string of the molecule is O=CNN(C1COCCN1)C(F)(F)F.c1ccncc1. The van der Waals surface area contributed by atoms with Crippen LogP contribution in [0.1, 0.15) is 0 Å². The number of aromatic nitrogens is 1. The zero-order chi connectivity index (χ0) is 14.8. The Balaban J connectivity index is 0.000000276. The highest BCUT2D eigenvalue weighted by molar-refractivity contribution is 5.45. The maximum Gasteiger partial charge on any atom is 0.479 e. The summed E-state index contributed by atoms with van der Waals surface area (Å²) in [5.74, 6) is 0. The number of amides is 1. The molecule has 0 bridgehead atoms. The van der Waals surface area contributed by atoms with E-state index in [1.165, 1.54) is 0 Å². The summed E-state index contributed by atoms with van der Waals surface area (Å²) in [7, 11) is 0. The molecule has 2 heterocycles. The minimum absolute atomic E-state index is 0.0240. The summed E-state index contributed by atoms with van der Waals surface area (Å²) in [5.41, 5.74) is 1.58. The van der Waals surface area contributed by atoms with Crippen molar-refractivity contribution in [2.45, 2.75) is 12.5 Å². The number of rotatable bonds is 3. The molecule has 0 spiro atoms. The van der Waals surface area contributed by atoms with Crippen molar-refractivity contribution in [1.29, 1.82) is 0 Å². The molecule has 9 heteroatoms. The van der Waals surface area contributed by atoms with Crippen molar-refractivity contribution < 1.29 is 22.7 Å². The number of ether oxygens (including phenoxy) is 1. The van der Waals surface area contributed by atoms with Crippen molar-refractivity contribution in [1.82, 2.24) is 20.7 Å². The number of hydrogen-bond acceptors (Lipinski definition) is 5. The molecular weight excluding hydrogens is 277 g/mol. The quantitative estimate of drug-likeness (QED) is 0.482. The molecule has 1 aliphatic rings. The largest absolute Gasteiger partial charge is 0.479 e. The number of morpholine rings is 1. The van der Waals surface area contributed by atoms with Gasteiger partial charge in [0.05, 0.1) is 13.2 Å². The molecule has 1 atom stereocenters. The van der Waals surface area contributed by atoms with E-state index in [2.05, 4.69) is 10.3 Å². The van der Waals surface area contributed by atoms with E-state index < -0.39 is 12.5 Å². The van der Waals surface area contributed by atoms with Gasteiger partial charge in [-0.2, -0.15) is 13.2 Å². The summed E-state index contributed by atoms with van der Waals surface area (Å²) in [5, 5.41) is 2.44. The molecule has 1 aromatic rings. The van der Waals surface area contributed by atoms with Gasteiger partial charge in [-0.3, -0.25) is 20.5 Å². The van der Waals surface area contributed by atoms with Crippen LogP contribution in [0, 0.1) is 0 Å². The third kappa shape index (κ3) is 5.95. The normalized spacial score (nSPS) is 18.9. The van der Waals surface area contributed by atoms with Crippen molar-refractivity contribution in [3.63, 3.8) is 0 Å². The molecule has 1 aromatic heterocycles. The van der Waals surface area contributed by atoms with Gasteiger partial charge in [0.1, 0.15) is 6.17 Å². The lowest BCUT2D eigenvalue weighted by Gasteiger charge is -2.34. The molecule has 0 radical (unpaired) electrons. The van der Waals surface area contributed by atoms with Gasteiger partial charge in [-0.05, 0) is 12.1 Å². The molecule has 1 saturated heterocycles. The number of alkyl halides is 3. The first-order valence-electron chi connectivity index (χ1n) is 5.77. The van der Waals surface area contributed by atoms with Gasteiger partial charge in [0, 0.05) is 18.9 Å². The molecular formula is C11H15F3N4O2. The average molecular weight is 292 g/mol. The lowest BCUT2D eigenvalue weighted by molar-refractivity contribution is -0.283. The van der Waals surface area contributed by atoms with E-state index in [0.717, 1.165) is 0 Å². The fraction of sp³-hybridized carbons (Fsp3) is 0.455. The van der Waals surface area contributed by atoms with Crippen molar-refractivity contribution in [2.75, 3.05) is 19.8 Å². The number of hydrogen-bond donors (Lipinski definition) is 2. The summed E-state index contributed by atoms with van der Waals surface area (Å²) in [6, 6.07) is 5.72. The predicted molar refractivity (Wildman–Crippen MR) is 63.9 cm³/mol. The first kappa shape index (κ1) is 16.3. The zero-order valence-electron chi connectivity index (χ0n) is 10.5. The van der Waals surface area contributed by atoms with E-state index in [4.69, 9.17) is 4.74 Å². The van der Waals surface area contributed by atoms with Gasteiger partial charge >= 0.3 is 6.30 Å². The molecule has 0 saturated carbocycles. The summed E-state index contributed by atoms with van der Waals surface area (Å²) < 4.78 is 41.7. The second-order valence-electron chi connectivity index (χ2n) is 3.65. The van der Waals surface area contributed by atoms with E-state index in [-0.39, 0.29) is 18.0 Å². The monoisotopic (exact) mass is 292 g/mol. The number of carbonyl (C=O) groups is 1. The molecule has 20 heavy (non-hydrogen) atoms. The maximum absolute atomic E-state index is 12.3. The summed E-state index contributed by atoms with van der Waals surface area (Å²) in [6.45, 7) is 0.557. The van der Waals surface area contributed by atoms with Gasteiger partial charge in [-0.25, -0.2) is 0 Å². The van der Waals surface area contributed by atoms with E-state index in [1.54, 1.807) is 17.8 Å². The van der Waals surface area contributed by atoms with Crippen LogP contribution < -0.4 is 10.7 Å². The van der Waals surface area contributed by atoms with Gasteiger partial charge in [0.2, 0.25) is 6.41 Å². The van der Waals surface area contributed by atoms with E-state index in [0.29, 0.717) is 13.2 Å². The molecule has 1 fully saturated rings. The van der Waals surface area contributed by atoms with Crippen LogP contribution in [0.4, 0.5) is 13.2 Å². The van der Waals surface area contributed by atoms with Crippen LogP contribution >= 0.6 is 0 Å². The summed E-state index contributed by atoms with van der Waals surface area (Å²) >= 11 is 0. The van der Waals surface area contributed by atoms with Crippen molar-refractivity contribution in [3.8, 4) is 0 Å². The first-order valence-corrected chi connectivity index (χ1v) is 5.77. The molecule has 0 aromatic carbocycles. The minimum Gasteiger partial charge on any atom is -0.377 e. The van der Waals surface area contributed by atoms with E-state index >= 15 is 0 Å². The summed E-state index contributed by atoms with van der Waals surface area (Å²) in [6.07, 6.45) is -2.22. The van der Waals surface area contributed by atoms with Crippen LogP contribution in [0.3, 0.4) is 0 Å². The van der Waals surface area contributed by atoms with Crippen molar-refractivity contribution in [2.24, 2.45) is 0 Å². The van der Waals surface area contributed by atoms with E-state index in [1.807, 2.05) is 18.2 Å². The van der Waals surface area contributed by atoms with Gasteiger partial charge < -0.3 is 4.74 Å². The Hall–Kier alpha value is -1.71. The zero-order valence-corrected chi connectivity index (χ0v) is 10.5. The average Bonchev–Trinajstić information content (AvgIpc) is 2.47. The molecule has 1 amide bonds. The second kappa shape index (κ2) is 8.46. The Morgan fingerprint density at radius 2 is 2.05 bits per heavy atom. The highest BCUT2D eigenvalue weighted by atomic mass is 19.4. The maximum atomic E-state index is 12.3. The van der Waals surface area contributed by atoms with Crippen molar-refractivity contribution in [3.05, 3.63) is 30.6 Å². The van der Waals surface area contributed by atoms with E-state index in [9.17, 15) is 18.0 Å². The van der Waals surface area contributed by atoms with Crippen LogP contribution in [-0.2, 0) is 9.53 Å². The fourth-order valence-corrected chi connectivity index (χ4v) is 1.43. The molecule has 1 unspecified atom stereocenters. The number of nitrogens with zero attached hydrogens (tertiary/aromatic N) is 2. The number of carbonyl (C=O) groups excluding carboxylic acids is 1. The minimum atomic E-state index is -4.63. The number of halogens is 3. The second-order valence-corrected chi connectivity index (χ2v) is 3.65. The molecule has 1 aliphatic heterocycles. The first-order chi connectivity index (χ1) is 9.55. The molecule has 112 valence electrons. The number of nitrogens with one attached hydrogen (secondary N) is 2. The van der Waals surface area contributed by atoms with Gasteiger partial charge in [-0.1, -0.05) is 6.07 Å². The smallest absolute Gasteiger partial charge is 0.377 e. The Bertz CT molecular complexity index is 345. The fourth-order valence-electron chi connectivity index (χ4n) is 1.43. The Morgan fingerprint density at radius 3 is 2.40 bits per heavy atom. The van der Waals surface area contributed by atoms with Crippen LogP contribution in [0.25, 0.3) is 0 Å². The van der Waals surface area contributed by atoms with Crippen LogP contribution in [0.15, 0.2) is 30.6 Å². The highest BCUT2D eigenvalue weighted by Crippen LogP contribution is 2.21. The Morgan fingerprint density at radius 1 is 1.35 bits per heavy atom. The standard InChI is InChI=1S/C6H10F3N3O2.C5H5N/c7-6(8,9)12(11-4-13)5-3-14-2-1-10-5;1-2-4-6-5-3-1/h4-5,10H,1-3H2,(H,11,13);1-5H. The topological polar surface area (TPSA) is 66.5 Å². The Kier molecular flexibility index (Phi) is 6.91. The third-order valence-corrected chi connectivity index (χ3v) is 2.25. The molecule has 2 rings (SSSR count). The van der Waals surface area contributed by atoms with Gasteiger partial charge in [-0.15, -0.1) is 5.01 Å².